The number of nitrogens with one attached hydrogen (secondary N) is 4. The van der Waals surface area contributed by atoms with E-state index in [1.165, 1.54) is 14.2 Å². The van der Waals surface area contributed by atoms with Gasteiger partial charge in [-0.05, 0) is 224 Å². The van der Waals surface area contributed by atoms with Gasteiger partial charge in [-0.1, -0.05) is 98.8 Å². The molecule has 4 amide bonds. The van der Waals surface area contributed by atoms with Crippen LogP contribution in [0.2, 0.25) is 0 Å². The average molecular weight is 1570 g/mol. The zero-order valence-electron chi connectivity index (χ0n) is 69.6. The average Bonchev–Trinajstić information content (AvgIpc) is 0.847. The number of carbonyl (C=O) groups excluding carboxylic acids is 6. The third-order valence-electron chi connectivity index (χ3n) is 18.1. The van der Waals surface area contributed by atoms with E-state index in [0.717, 1.165) is 89.8 Å². The summed E-state index contributed by atoms with van der Waals surface area (Å²) in [7, 11) is 2.51. The number of para-hydroxylation sites is 2. The number of fused-ring (bicyclic) bond motifs is 8. The number of benzene rings is 6. The zero-order valence-corrected chi connectivity index (χ0v) is 69.6. The molecule has 4 atom stereocenters. The second kappa shape index (κ2) is 39.0. The number of hydrogen-bond acceptors (Lipinski definition) is 20. The zero-order chi connectivity index (χ0) is 82.9. The molecular weight excluding hydrogens is 1450 g/mol. The Morgan fingerprint density at radius 1 is 0.404 bits per heavy atom. The Balaban J connectivity index is 0.963. The lowest BCUT2D eigenvalue weighted by molar-refractivity contribution is -0.145. The molecule has 0 spiro atoms. The second-order valence-corrected chi connectivity index (χ2v) is 32.7. The lowest BCUT2D eigenvalue weighted by Crippen LogP contribution is -2.55. The maximum atomic E-state index is 13.6. The summed E-state index contributed by atoms with van der Waals surface area (Å²) >= 11 is 0. The molecule has 8 bridgehead atoms. The van der Waals surface area contributed by atoms with Crippen molar-refractivity contribution in [2.75, 3.05) is 14.2 Å². The van der Waals surface area contributed by atoms with Crippen molar-refractivity contribution in [3.63, 3.8) is 0 Å². The fraction of sp³-hybridized carbons (Fsp3) is 0.477. The SMILES string of the molecule is COC(=O)[C@H](Cc1ccc(OCc2cn(Cc3cc4c(OC(C)C)c(c3)Cc3cccc(c3OC(C)C)Cc3cc(Cn5cc(COc6ccc(C[C@H](NC(=O)[C@@H](NC(=O)OC(C)(C)C)C(C)C)C(=O)OC)cc6)nn5)cc(c3OC(C)C)Cc3cccc(c3OC(C)C)C4)nn2)cc1)NC(=O)[C@@H](NC(=O)OC(C)(C)C)C(C)C. The predicted molar refractivity (Wildman–Crippen MR) is 431 cm³/mol. The van der Waals surface area contributed by atoms with Gasteiger partial charge in [0.15, 0.2) is 0 Å². The third-order valence-corrected chi connectivity index (χ3v) is 18.1. The van der Waals surface area contributed by atoms with E-state index in [1.807, 2.05) is 92.0 Å². The largest absolute Gasteiger partial charge is 0.490 e. The molecule has 612 valence electrons. The molecule has 9 rings (SSSR count). The molecule has 2 heterocycles. The van der Waals surface area contributed by atoms with Crippen LogP contribution in [0.1, 0.15) is 203 Å². The standard InChI is InChI=1S/C88H114N10O16/c1-51(2)75(91-85(103)113-87(13,14)15)81(99)89-73(83(101)105-19)39-57-27-31-71(32-28-57)107-49-69-47-97(95-93-69)45-59-35-65-41-61-23-21-25-63(77(61)109-53(5)6)43-67-37-60(38-68(80(67)112-56(11)12)44-64-26-22-24-62(78(64)110-54(7)8)42-66(36-59)79(65)111-55(9)10)46-98-48-70(94-96-98)50-108-72-33-29-58(30-34-72)40-74(84(102)106-20)90-82(100)76(52(3)4)92-86(104)114-88(16,17)18/h21-38,47-48,51-56,73-76H,39-46,49-50H2,1-20H3,(H,89,99)(H,90,100)(H,91,103)(H,92,104)/t73-,74-,75-,76-/m0/s1. The molecule has 0 saturated heterocycles. The Labute approximate surface area is 669 Å². The van der Waals surface area contributed by atoms with Crippen LogP contribution in [0.25, 0.3) is 0 Å². The van der Waals surface area contributed by atoms with Gasteiger partial charge in [0.2, 0.25) is 11.8 Å². The van der Waals surface area contributed by atoms with Crippen molar-refractivity contribution in [3.8, 4) is 34.5 Å². The van der Waals surface area contributed by atoms with Gasteiger partial charge in [0.1, 0.15) is 94.5 Å². The Bertz CT molecular complexity index is 4230. The fourth-order valence-corrected chi connectivity index (χ4v) is 13.3. The molecule has 2 aromatic heterocycles. The lowest BCUT2D eigenvalue weighted by Gasteiger charge is -2.26. The van der Waals surface area contributed by atoms with Crippen LogP contribution in [-0.4, -0.2) is 140 Å². The van der Waals surface area contributed by atoms with Gasteiger partial charge >= 0.3 is 24.1 Å². The van der Waals surface area contributed by atoms with Crippen LogP contribution in [0.3, 0.4) is 0 Å². The van der Waals surface area contributed by atoms with Gasteiger partial charge in [-0.3, -0.25) is 9.59 Å². The summed E-state index contributed by atoms with van der Waals surface area (Å²) in [6.45, 7) is 34.8. The molecule has 4 N–H and O–H groups in total. The summed E-state index contributed by atoms with van der Waals surface area (Å²) in [4.78, 5) is 78.6. The number of ether oxygens (including phenoxy) is 10. The molecule has 0 radical (unpaired) electrons. The number of alkyl carbamates (subject to hydrolysis) is 2. The number of hydrogen-bond donors (Lipinski definition) is 4. The summed E-state index contributed by atoms with van der Waals surface area (Å²) in [6.07, 6.45) is 3.56. The van der Waals surface area contributed by atoms with E-state index >= 15 is 0 Å². The quantitative estimate of drug-likeness (QED) is 0.0225. The molecule has 8 aromatic rings. The van der Waals surface area contributed by atoms with E-state index in [2.05, 4.69) is 103 Å². The number of amides is 4. The molecule has 0 unspecified atom stereocenters. The molecule has 114 heavy (non-hydrogen) atoms. The number of aromatic nitrogens is 6. The lowest BCUT2D eigenvalue weighted by atomic mass is 9.89. The summed E-state index contributed by atoms with van der Waals surface area (Å²) in [6, 6.07) is 31.8. The fourth-order valence-electron chi connectivity index (χ4n) is 13.3. The first kappa shape index (κ1) is 86.8. The molecule has 0 fully saturated rings. The summed E-state index contributed by atoms with van der Waals surface area (Å²) in [5.41, 5.74) is 10.8. The van der Waals surface area contributed by atoms with E-state index in [9.17, 15) is 28.8 Å². The van der Waals surface area contributed by atoms with Crippen LogP contribution in [0.15, 0.2) is 122 Å². The van der Waals surface area contributed by atoms with Crippen molar-refractivity contribution < 1.29 is 76.1 Å². The maximum Gasteiger partial charge on any atom is 0.408 e. The highest BCUT2D eigenvalue weighted by atomic mass is 16.6. The first-order valence-electron chi connectivity index (χ1n) is 39.1. The highest BCUT2D eigenvalue weighted by Crippen LogP contribution is 2.41. The van der Waals surface area contributed by atoms with Gasteiger partial charge in [-0.25, -0.2) is 28.5 Å². The molecule has 0 saturated carbocycles. The smallest absolute Gasteiger partial charge is 0.408 e. The van der Waals surface area contributed by atoms with E-state index in [4.69, 9.17) is 47.4 Å². The highest BCUT2D eigenvalue weighted by Gasteiger charge is 2.34. The van der Waals surface area contributed by atoms with Gasteiger partial charge in [0.05, 0.1) is 64.1 Å². The van der Waals surface area contributed by atoms with Gasteiger partial charge < -0.3 is 68.6 Å². The summed E-state index contributed by atoms with van der Waals surface area (Å²) in [5, 5.41) is 29.1. The Morgan fingerprint density at radius 2 is 0.702 bits per heavy atom. The molecule has 1 aliphatic carbocycles. The molecule has 6 aromatic carbocycles. The Kier molecular flexibility index (Phi) is 29.7. The topological polar surface area (TPSA) is 304 Å². The molecule has 1 aliphatic rings. The second-order valence-electron chi connectivity index (χ2n) is 32.7. The monoisotopic (exact) mass is 1570 g/mol. The summed E-state index contributed by atoms with van der Waals surface area (Å²) < 4.78 is 64.9. The van der Waals surface area contributed by atoms with Crippen LogP contribution in [0.4, 0.5) is 9.59 Å². The molecule has 26 nitrogen and oxygen atoms in total. The van der Waals surface area contributed by atoms with Crippen molar-refractivity contribution >= 4 is 35.9 Å². The first-order valence-corrected chi connectivity index (χ1v) is 39.1. The minimum atomic E-state index is -1.05. The van der Waals surface area contributed by atoms with Crippen LogP contribution >= 0.6 is 0 Å². The van der Waals surface area contributed by atoms with Gasteiger partial charge in [-0.2, -0.15) is 0 Å². The first-order chi connectivity index (χ1) is 53.9. The number of carbonyl (C=O) groups is 6. The van der Waals surface area contributed by atoms with Crippen LogP contribution in [0.5, 0.6) is 34.5 Å². The Hall–Kier alpha value is -11.2. The highest BCUT2D eigenvalue weighted by molar-refractivity contribution is 5.91. The number of rotatable bonds is 32. The van der Waals surface area contributed by atoms with Gasteiger partial charge in [-0.15, -0.1) is 10.2 Å². The number of methoxy groups -OCH3 is 2. The van der Waals surface area contributed by atoms with E-state index in [-0.39, 0.29) is 62.3 Å². The van der Waals surface area contributed by atoms with Gasteiger partial charge in [0, 0.05) is 38.5 Å². The van der Waals surface area contributed by atoms with Crippen LogP contribution in [-0.2, 0) is 103 Å². The van der Waals surface area contributed by atoms with Crippen LogP contribution < -0.4 is 49.7 Å². The Morgan fingerprint density at radius 3 is 0.974 bits per heavy atom. The molecule has 0 aliphatic heterocycles. The number of nitrogens with zero attached hydrogens (tertiary/aromatic N) is 6. The maximum absolute atomic E-state index is 13.6. The van der Waals surface area contributed by atoms with Crippen molar-refractivity contribution in [2.45, 2.75) is 249 Å². The van der Waals surface area contributed by atoms with Gasteiger partial charge in [0.25, 0.3) is 0 Å². The number of esters is 2. The third kappa shape index (κ3) is 25.4. The van der Waals surface area contributed by atoms with Crippen molar-refractivity contribution in [1.82, 2.24) is 51.3 Å². The minimum Gasteiger partial charge on any atom is -0.490 e. The summed E-state index contributed by atoms with van der Waals surface area (Å²) in [5.74, 6) is 1.17. The molecule has 26 heteroatoms. The van der Waals surface area contributed by atoms with E-state index in [1.54, 1.807) is 103 Å². The van der Waals surface area contributed by atoms with Crippen molar-refractivity contribution in [3.05, 3.63) is 200 Å². The van der Waals surface area contributed by atoms with Crippen LogP contribution in [0, 0.1) is 11.8 Å². The predicted octanol–water partition coefficient (Wildman–Crippen LogP) is 13.4. The van der Waals surface area contributed by atoms with E-state index in [0.29, 0.717) is 61.7 Å². The van der Waals surface area contributed by atoms with E-state index < -0.39 is 71.3 Å². The van der Waals surface area contributed by atoms with Crippen molar-refractivity contribution in [1.29, 1.82) is 0 Å². The normalized spacial score (nSPS) is 13.4. The van der Waals surface area contributed by atoms with Crippen molar-refractivity contribution in [2.24, 2.45) is 11.8 Å². The minimum absolute atomic E-state index is 0.107. The molecular formula is C88H114N10O16.